The molecule has 1 fully saturated rings. The summed E-state index contributed by atoms with van der Waals surface area (Å²) in [5.74, 6) is -1.78. The standard InChI is InChI=1S/C10H16F3NO2/c1-7(2)14-4-3-5-16-8(6-14)9(15)10(11,12)13/h7-8H,3-6H2,1-2H3/t8-/m1/s1. The Morgan fingerprint density at radius 1 is 1.44 bits per heavy atom. The molecule has 0 spiro atoms. The maximum absolute atomic E-state index is 12.2. The third-order valence-electron chi connectivity index (χ3n) is 2.61. The minimum Gasteiger partial charge on any atom is -0.369 e. The van der Waals surface area contributed by atoms with Gasteiger partial charge in [0, 0.05) is 25.7 Å². The SMILES string of the molecule is CC(C)N1CCCO[C@@H](C(=O)C(F)(F)F)C1. The van der Waals surface area contributed by atoms with Gasteiger partial charge in [0.05, 0.1) is 0 Å². The van der Waals surface area contributed by atoms with Crippen LogP contribution in [0.25, 0.3) is 0 Å². The van der Waals surface area contributed by atoms with E-state index < -0.39 is 18.1 Å². The fraction of sp³-hybridized carbons (Fsp3) is 0.900. The molecule has 0 saturated carbocycles. The van der Waals surface area contributed by atoms with Gasteiger partial charge < -0.3 is 4.74 Å². The van der Waals surface area contributed by atoms with Gasteiger partial charge in [-0.25, -0.2) is 0 Å². The molecule has 0 N–H and O–H groups in total. The van der Waals surface area contributed by atoms with Crippen LogP contribution in [0.3, 0.4) is 0 Å². The van der Waals surface area contributed by atoms with Crippen molar-refractivity contribution in [3.05, 3.63) is 0 Å². The van der Waals surface area contributed by atoms with Gasteiger partial charge in [-0.15, -0.1) is 0 Å². The van der Waals surface area contributed by atoms with E-state index in [1.54, 1.807) is 0 Å². The van der Waals surface area contributed by atoms with E-state index in [0.29, 0.717) is 13.0 Å². The molecule has 0 aromatic heterocycles. The summed E-state index contributed by atoms with van der Waals surface area (Å²) in [7, 11) is 0. The Labute approximate surface area is 92.5 Å². The Hall–Kier alpha value is -0.620. The number of carbonyl (C=O) groups is 1. The van der Waals surface area contributed by atoms with Crippen molar-refractivity contribution in [2.45, 2.75) is 38.6 Å². The summed E-state index contributed by atoms with van der Waals surface area (Å²) in [6.07, 6.45) is -5.53. The van der Waals surface area contributed by atoms with Gasteiger partial charge in [-0.05, 0) is 20.3 Å². The predicted molar refractivity (Wildman–Crippen MR) is 52.1 cm³/mol. The van der Waals surface area contributed by atoms with Crippen molar-refractivity contribution < 1.29 is 22.7 Å². The summed E-state index contributed by atoms with van der Waals surface area (Å²) in [4.78, 5) is 12.9. The van der Waals surface area contributed by atoms with Crippen LogP contribution in [0.1, 0.15) is 20.3 Å². The molecule has 1 saturated heterocycles. The Balaban J connectivity index is 2.69. The van der Waals surface area contributed by atoms with Gasteiger partial charge in [0.2, 0.25) is 0 Å². The van der Waals surface area contributed by atoms with Crippen LogP contribution in [0.4, 0.5) is 13.2 Å². The number of rotatable bonds is 2. The van der Waals surface area contributed by atoms with Gasteiger partial charge in [0.25, 0.3) is 5.78 Å². The predicted octanol–water partition coefficient (Wildman–Crippen LogP) is 1.62. The number of halogens is 3. The monoisotopic (exact) mass is 239 g/mol. The highest BCUT2D eigenvalue weighted by Gasteiger charge is 2.45. The second-order valence-electron chi connectivity index (χ2n) is 4.16. The van der Waals surface area contributed by atoms with Crippen molar-refractivity contribution >= 4 is 5.78 Å². The summed E-state index contributed by atoms with van der Waals surface area (Å²) in [6.45, 7) is 4.67. The lowest BCUT2D eigenvalue weighted by atomic mass is 10.2. The van der Waals surface area contributed by atoms with Crippen LogP contribution in [0.15, 0.2) is 0 Å². The first-order chi connectivity index (χ1) is 7.32. The Bertz CT molecular complexity index is 253. The Morgan fingerprint density at radius 3 is 2.56 bits per heavy atom. The average molecular weight is 239 g/mol. The first-order valence-electron chi connectivity index (χ1n) is 5.29. The highest BCUT2D eigenvalue weighted by Crippen LogP contribution is 2.21. The smallest absolute Gasteiger partial charge is 0.369 e. The van der Waals surface area contributed by atoms with Crippen molar-refractivity contribution in [1.29, 1.82) is 0 Å². The number of carbonyl (C=O) groups excluding carboxylic acids is 1. The molecule has 6 heteroatoms. The highest BCUT2D eigenvalue weighted by atomic mass is 19.4. The van der Waals surface area contributed by atoms with Crippen molar-refractivity contribution in [3.63, 3.8) is 0 Å². The molecule has 0 aromatic rings. The number of Topliss-reactive ketones (excluding diaryl/α,β-unsaturated/α-hetero) is 1. The molecule has 1 aliphatic heterocycles. The van der Waals surface area contributed by atoms with Crippen molar-refractivity contribution in [3.8, 4) is 0 Å². The minimum atomic E-state index is -4.81. The molecule has 1 rings (SSSR count). The molecule has 0 bridgehead atoms. The number of ketones is 1. The van der Waals surface area contributed by atoms with Gasteiger partial charge in [0.1, 0.15) is 6.10 Å². The molecule has 0 unspecified atom stereocenters. The summed E-state index contributed by atoms with van der Waals surface area (Å²) < 4.78 is 41.7. The number of hydrogen-bond donors (Lipinski definition) is 0. The zero-order valence-corrected chi connectivity index (χ0v) is 9.38. The van der Waals surface area contributed by atoms with Crippen molar-refractivity contribution in [2.75, 3.05) is 19.7 Å². The van der Waals surface area contributed by atoms with E-state index in [1.165, 1.54) is 0 Å². The molecule has 0 amide bonds. The number of nitrogens with zero attached hydrogens (tertiary/aromatic N) is 1. The molecule has 0 aliphatic carbocycles. The Morgan fingerprint density at radius 2 is 2.06 bits per heavy atom. The summed E-state index contributed by atoms with van der Waals surface area (Å²) in [5, 5.41) is 0. The topological polar surface area (TPSA) is 29.5 Å². The molecule has 3 nitrogen and oxygen atoms in total. The third-order valence-corrected chi connectivity index (χ3v) is 2.61. The first kappa shape index (κ1) is 13.4. The Kier molecular flexibility index (Phi) is 4.32. The fourth-order valence-corrected chi connectivity index (χ4v) is 1.66. The zero-order chi connectivity index (χ0) is 12.3. The second kappa shape index (κ2) is 5.14. The average Bonchev–Trinajstić information content (AvgIpc) is 2.40. The minimum absolute atomic E-state index is 0.0238. The lowest BCUT2D eigenvalue weighted by Gasteiger charge is -2.26. The van der Waals surface area contributed by atoms with E-state index in [9.17, 15) is 18.0 Å². The normalized spacial score (nSPS) is 24.5. The maximum atomic E-state index is 12.2. The van der Waals surface area contributed by atoms with E-state index in [4.69, 9.17) is 4.74 Å². The lowest BCUT2D eigenvalue weighted by molar-refractivity contribution is -0.182. The molecular weight excluding hydrogens is 223 g/mol. The van der Waals surface area contributed by atoms with Crippen LogP contribution in [-0.4, -0.2) is 48.7 Å². The molecule has 94 valence electrons. The summed E-state index contributed by atoms with van der Waals surface area (Å²) >= 11 is 0. The van der Waals surface area contributed by atoms with E-state index in [0.717, 1.165) is 0 Å². The lowest BCUT2D eigenvalue weighted by Crippen LogP contribution is -2.44. The first-order valence-corrected chi connectivity index (χ1v) is 5.29. The van der Waals surface area contributed by atoms with Crippen LogP contribution >= 0.6 is 0 Å². The number of alkyl halides is 3. The highest BCUT2D eigenvalue weighted by molar-refractivity contribution is 5.88. The maximum Gasteiger partial charge on any atom is 0.452 e. The van der Waals surface area contributed by atoms with Gasteiger partial charge in [0.15, 0.2) is 0 Å². The second-order valence-corrected chi connectivity index (χ2v) is 4.16. The van der Waals surface area contributed by atoms with Crippen LogP contribution in [0.2, 0.25) is 0 Å². The van der Waals surface area contributed by atoms with E-state index in [2.05, 4.69) is 0 Å². The molecule has 1 atom stereocenters. The van der Waals surface area contributed by atoms with Crippen LogP contribution in [-0.2, 0) is 9.53 Å². The van der Waals surface area contributed by atoms with Gasteiger partial charge in [-0.1, -0.05) is 0 Å². The molecule has 0 radical (unpaired) electrons. The molecular formula is C10H16F3NO2. The third kappa shape index (κ3) is 3.45. The van der Waals surface area contributed by atoms with Crippen LogP contribution in [0, 0.1) is 0 Å². The summed E-state index contributed by atoms with van der Waals surface area (Å²) in [6, 6.07) is 0.116. The number of ether oxygens (including phenoxy) is 1. The quantitative estimate of drug-likeness (QED) is 0.733. The van der Waals surface area contributed by atoms with Crippen molar-refractivity contribution in [2.24, 2.45) is 0 Å². The van der Waals surface area contributed by atoms with Gasteiger partial charge in [-0.3, -0.25) is 9.69 Å². The van der Waals surface area contributed by atoms with E-state index in [-0.39, 0.29) is 19.2 Å². The molecule has 1 aliphatic rings. The van der Waals surface area contributed by atoms with Crippen molar-refractivity contribution in [1.82, 2.24) is 4.90 Å². The largest absolute Gasteiger partial charge is 0.452 e. The van der Waals surface area contributed by atoms with Gasteiger partial charge in [-0.2, -0.15) is 13.2 Å². The van der Waals surface area contributed by atoms with Gasteiger partial charge >= 0.3 is 6.18 Å². The zero-order valence-electron chi connectivity index (χ0n) is 9.38. The van der Waals surface area contributed by atoms with Crippen LogP contribution in [0.5, 0.6) is 0 Å². The van der Waals surface area contributed by atoms with Crippen LogP contribution < -0.4 is 0 Å². The summed E-state index contributed by atoms with van der Waals surface area (Å²) in [5.41, 5.74) is 0. The molecule has 1 heterocycles. The fourth-order valence-electron chi connectivity index (χ4n) is 1.66. The van der Waals surface area contributed by atoms with E-state index in [1.807, 2.05) is 18.7 Å². The number of hydrogen-bond acceptors (Lipinski definition) is 3. The molecule has 0 aromatic carbocycles. The van der Waals surface area contributed by atoms with E-state index >= 15 is 0 Å². The molecule has 16 heavy (non-hydrogen) atoms.